The second-order valence-corrected chi connectivity index (χ2v) is 4.52. The lowest BCUT2D eigenvalue weighted by Gasteiger charge is -2.20. The van der Waals surface area contributed by atoms with Gasteiger partial charge in [-0.15, -0.1) is 0 Å². The summed E-state index contributed by atoms with van der Waals surface area (Å²) in [5.41, 5.74) is 1.83. The predicted molar refractivity (Wildman–Crippen MR) is 74.5 cm³/mol. The minimum atomic E-state index is -1.24. The van der Waals surface area contributed by atoms with E-state index in [1.54, 1.807) is 48.5 Å². The van der Waals surface area contributed by atoms with E-state index < -0.39 is 17.7 Å². The third-order valence-electron chi connectivity index (χ3n) is 3.26. The summed E-state index contributed by atoms with van der Waals surface area (Å²) < 4.78 is 0. The van der Waals surface area contributed by atoms with E-state index in [9.17, 15) is 14.7 Å². The normalized spacial score (nSPS) is 17.3. The number of carbonyl (C=O) groups is 2. The summed E-state index contributed by atoms with van der Waals surface area (Å²) in [7, 11) is 0. The van der Waals surface area contributed by atoms with Crippen LogP contribution in [0.1, 0.15) is 15.9 Å². The molecule has 2 aromatic rings. The van der Waals surface area contributed by atoms with Crippen LogP contribution in [0.5, 0.6) is 0 Å². The smallest absolute Gasteiger partial charge is 0.320 e. The van der Waals surface area contributed by atoms with E-state index in [1.807, 2.05) is 6.07 Å². The van der Waals surface area contributed by atoms with E-state index in [1.165, 1.54) is 0 Å². The Morgan fingerprint density at radius 2 is 1.65 bits per heavy atom. The zero-order valence-electron chi connectivity index (χ0n) is 10.5. The monoisotopic (exact) mass is 265 g/mol. The number of hydrogen-bond acceptors (Lipinski definition) is 3. The molecule has 0 aromatic heterocycles. The second kappa shape index (κ2) is 4.74. The minimum Gasteiger partial charge on any atom is -0.480 e. The lowest BCUT2D eigenvalue weighted by molar-refractivity contribution is -0.137. The highest BCUT2D eigenvalue weighted by Gasteiger charge is 2.37. The van der Waals surface area contributed by atoms with Crippen LogP contribution in [0.2, 0.25) is 0 Å². The van der Waals surface area contributed by atoms with Crippen molar-refractivity contribution in [2.75, 3.05) is 0 Å². The number of fused-ring (bicyclic) bond motifs is 1. The maximum atomic E-state index is 12.4. The Kier molecular flexibility index (Phi) is 2.91. The molecule has 0 aliphatic carbocycles. The van der Waals surface area contributed by atoms with Crippen LogP contribution < -0.4 is 0 Å². The van der Waals surface area contributed by atoms with Crippen LogP contribution in [0.25, 0.3) is 0 Å². The van der Waals surface area contributed by atoms with Gasteiger partial charge in [0.1, 0.15) is 0 Å². The van der Waals surface area contributed by atoms with Crippen LogP contribution in [0, 0.1) is 5.92 Å². The highest BCUT2D eigenvalue weighted by molar-refractivity contribution is 6.31. The van der Waals surface area contributed by atoms with E-state index >= 15 is 0 Å². The van der Waals surface area contributed by atoms with E-state index in [2.05, 4.69) is 4.99 Å². The Balaban J connectivity index is 2.22. The van der Waals surface area contributed by atoms with Crippen molar-refractivity contribution in [3.8, 4) is 0 Å². The Bertz CT molecular complexity index is 720. The van der Waals surface area contributed by atoms with Crippen LogP contribution in [-0.2, 0) is 4.79 Å². The van der Waals surface area contributed by atoms with Crippen LogP contribution in [-0.4, -0.2) is 22.6 Å². The molecule has 4 heteroatoms. The fourth-order valence-electron chi connectivity index (χ4n) is 2.32. The van der Waals surface area contributed by atoms with Gasteiger partial charge < -0.3 is 5.11 Å². The topological polar surface area (TPSA) is 66.7 Å². The summed E-state index contributed by atoms with van der Waals surface area (Å²) in [5, 5.41) is 9.36. The van der Waals surface area contributed by atoms with Crippen molar-refractivity contribution in [1.29, 1.82) is 0 Å². The highest BCUT2D eigenvalue weighted by Crippen LogP contribution is 2.30. The van der Waals surface area contributed by atoms with Crippen molar-refractivity contribution in [2.24, 2.45) is 10.9 Å². The molecule has 1 aliphatic heterocycles. The number of benzene rings is 2. The Labute approximate surface area is 115 Å². The fourth-order valence-corrected chi connectivity index (χ4v) is 2.32. The Morgan fingerprint density at radius 3 is 2.35 bits per heavy atom. The summed E-state index contributed by atoms with van der Waals surface area (Å²) in [6, 6.07) is 15.7. The number of rotatable bonds is 2. The molecule has 98 valence electrons. The van der Waals surface area contributed by atoms with Crippen molar-refractivity contribution in [2.45, 2.75) is 0 Å². The molecular weight excluding hydrogens is 254 g/mol. The molecular formula is C16H11NO3. The zero-order chi connectivity index (χ0) is 14.1. The van der Waals surface area contributed by atoms with E-state index in [-0.39, 0.29) is 0 Å². The van der Waals surface area contributed by atoms with Crippen LogP contribution in [0.3, 0.4) is 0 Å². The maximum absolute atomic E-state index is 12.4. The minimum absolute atomic E-state index is 0.293. The van der Waals surface area contributed by atoms with Crippen molar-refractivity contribution in [3.63, 3.8) is 0 Å². The third kappa shape index (κ3) is 1.91. The number of carboxylic acids is 1. The molecule has 20 heavy (non-hydrogen) atoms. The molecule has 0 saturated heterocycles. The maximum Gasteiger partial charge on any atom is 0.320 e. The van der Waals surface area contributed by atoms with Crippen molar-refractivity contribution in [1.82, 2.24) is 0 Å². The molecule has 1 aliphatic rings. The summed E-state index contributed by atoms with van der Waals surface area (Å²) in [5.74, 6) is -2.83. The number of carbonyl (C=O) groups excluding carboxylic acids is 1. The van der Waals surface area contributed by atoms with Gasteiger partial charge in [-0.2, -0.15) is 0 Å². The molecule has 4 nitrogen and oxygen atoms in total. The standard InChI is InChI=1S/C16H11NO3/c18-15-11-8-4-5-9-12(11)17-14(13(15)16(19)20)10-6-2-1-3-7-10/h1-9,13H,(H,19,20). The van der Waals surface area contributed by atoms with Crippen molar-refractivity contribution in [3.05, 3.63) is 65.7 Å². The number of para-hydroxylation sites is 1. The highest BCUT2D eigenvalue weighted by atomic mass is 16.4. The van der Waals surface area contributed by atoms with Gasteiger partial charge in [0.2, 0.25) is 0 Å². The number of Topliss-reactive ketones (excluding diaryl/α,β-unsaturated/α-hetero) is 1. The molecule has 3 rings (SSSR count). The average Bonchev–Trinajstić information content (AvgIpc) is 2.47. The van der Waals surface area contributed by atoms with E-state index in [4.69, 9.17) is 0 Å². The molecule has 1 N–H and O–H groups in total. The SMILES string of the molecule is O=C(O)C1C(=O)c2ccccc2N=C1c1ccccc1. The molecule has 1 atom stereocenters. The summed E-state index contributed by atoms with van der Waals surface area (Å²) in [4.78, 5) is 28.2. The number of nitrogens with zero attached hydrogens (tertiary/aromatic N) is 1. The van der Waals surface area contributed by atoms with Gasteiger partial charge in [-0.05, 0) is 17.7 Å². The van der Waals surface area contributed by atoms with E-state index in [0.717, 1.165) is 0 Å². The van der Waals surface area contributed by atoms with E-state index in [0.29, 0.717) is 22.5 Å². The Morgan fingerprint density at radius 1 is 1.00 bits per heavy atom. The molecule has 1 unspecified atom stereocenters. The third-order valence-corrected chi connectivity index (χ3v) is 3.26. The molecule has 0 saturated carbocycles. The first-order valence-corrected chi connectivity index (χ1v) is 6.18. The molecule has 0 amide bonds. The summed E-state index contributed by atoms with van der Waals surface area (Å²) in [6.07, 6.45) is 0. The molecule has 0 radical (unpaired) electrons. The summed E-state index contributed by atoms with van der Waals surface area (Å²) >= 11 is 0. The molecule has 0 fully saturated rings. The molecule has 0 bridgehead atoms. The molecule has 2 aromatic carbocycles. The first kappa shape index (κ1) is 12.3. The second-order valence-electron chi connectivity index (χ2n) is 4.52. The summed E-state index contributed by atoms with van der Waals surface area (Å²) in [6.45, 7) is 0. The van der Waals surface area contributed by atoms with Gasteiger partial charge in [0, 0.05) is 5.56 Å². The number of aliphatic imine (C=N–C) groups is 1. The number of hydrogen-bond donors (Lipinski definition) is 1. The zero-order valence-corrected chi connectivity index (χ0v) is 10.5. The van der Waals surface area contributed by atoms with Crippen molar-refractivity contribution < 1.29 is 14.7 Å². The number of aliphatic carboxylic acids is 1. The van der Waals surface area contributed by atoms with Crippen molar-refractivity contribution >= 4 is 23.2 Å². The number of carboxylic acid groups (broad SMARTS) is 1. The number of ketones is 1. The van der Waals surface area contributed by atoms with Gasteiger partial charge >= 0.3 is 5.97 Å². The first-order valence-electron chi connectivity index (χ1n) is 6.18. The lowest BCUT2D eigenvalue weighted by Crippen LogP contribution is -2.34. The quantitative estimate of drug-likeness (QED) is 0.849. The molecule has 1 heterocycles. The van der Waals surface area contributed by atoms with Gasteiger partial charge in [-0.3, -0.25) is 14.6 Å². The Hall–Kier alpha value is -2.75. The van der Waals surface area contributed by atoms with Gasteiger partial charge in [-0.25, -0.2) is 0 Å². The molecule has 0 spiro atoms. The van der Waals surface area contributed by atoms with Crippen LogP contribution in [0.4, 0.5) is 5.69 Å². The van der Waals surface area contributed by atoms with Crippen LogP contribution in [0.15, 0.2) is 59.6 Å². The van der Waals surface area contributed by atoms with Gasteiger partial charge in [0.25, 0.3) is 0 Å². The van der Waals surface area contributed by atoms with Gasteiger partial charge in [-0.1, -0.05) is 42.5 Å². The predicted octanol–water partition coefficient (Wildman–Crippen LogP) is 2.70. The fraction of sp³-hybridized carbons (Fsp3) is 0.0625. The lowest BCUT2D eigenvalue weighted by atomic mass is 9.86. The average molecular weight is 265 g/mol. The largest absolute Gasteiger partial charge is 0.480 e. The van der Waals surface area contributed by atoms with Gasteiger partial charge in [0.15, 0.2) is 11.7 Å². The van der Waals surface area contributed by atoms with Crippen LogP contribution >= 0.6 is 0 Å². The van der Waals surface area contributed by atoms with Gasteiger partial charge in [0.05, 0.1) is 11.4 Å². The first-order chi connectivity index (χ1) is 9.68.